The maximum Gasteiger partial charge on any atom is 0.260 e. The van der Waals surface area contributed by atoms with E-state index in [2.05, 4.69) is 15.2 Å². The van der Waals surface area contributed by atoms with Crippen LogP contribution in [-0.4, -0.2) is 71.5 Å². The number of amides is 2. The fraction of sp³-hybridized carbons (Fsp3) is 0.480. The second-order valence-corrected chi connectivity index (χ2v) is 8.68. The summed E-state index contributed by atoms with van der Waals surface area (Å²) in [4.78, 5) is 43.9. The molecule has 1 aromatic carbocycles. The van der Waals surface area contributed by atoms with E-state index in [-0.39, 0.29) is 23.6 Å². The molecule has 0 bridgehead atoms. The third-order valence-electron chi connectivity index (χ3n) is 6.20. The number of piperidine rings is 1. The Kier molecular flexibility index (Phi) is 9.21. The minimum atomic E-state index is -0.510. The molecule has 0 saturated carbocycles. The Morgan fingerprint density at radius 3 is 2.64 bits per heavy atom. The molecule has 2 amide bonds. The quantitative estimate of drug-likeness (QED) is 0.475. The highest BCUT2D eigenvalue weighted by atomic mass is 16.3. The Morgan fingerprint density at radius 2 is 1.94 bits per heavy atom. The van der Waals surface area contributed by atoms with Crippen LogP contribution in [0.25, 0.3) is 0 Å². The van der Waals surface area contributed by atoms with Crippen molar-refractivity contribution in [2.75, 3.05) is 39.8 Å². The summed E-state index contributed by atoms with van der Waals surface area (Å²) in [6.45, 7) is 3.90. The number of carbonyl (C=O) groups excluding carboxylic acids is 2. The number of hydrogen-bond donors (Lipinski definition) is 3. The molecule has 0 atom stereocenters. The van der Waals surface area contributed by atoms with Gasteiger partial charge in [0.15, 0.2) is 0 Å². The smallest absolute Gasteiger partial charge is 0.260 e. The Morgan fingerprint density at radius 1 is 1.21 bits per heavy atom. The van der Waals surface area contributed by atoms with E-state index >= 15 is 0 Å². The summed E-state index contributed by atoms with van der Waals surface area (Å²) >= 11 is 0. The van der Waals surface area contributed by atoms with E-state index in [0.717, 1.165) is 50.9 Å². The number of nitrogens with one attached hydrogen (secondary N) is 2. The molecular weight excluding hydrogens is 420 g/mol. The lowest BCUT2D eigenvalue weighted by Gasteiger charge is -2.31. The first-order valence-corrected chi connectivity index (χ1v) is 11.6. The number of aliphatic hydroxyl groups excluding tert-OH is 1. The van der Waals surface area contributed by atoms with E-state index in [1.807, 2.05) is 30.3 Å². The molecule has 0 unspecified atom stereocenters. The fourth-order valence-electron chi connectivity index (χ4n) is 4.24. The highest BCUT2D eigenvalue weighted by Gasteiger charge is 2.20. The molecule has 1 fully saturated rings. The second-order valence-electron chi connectivity index (χ2n) is 8.68. The van der Waals surface area contributed by atoms with Crippen molar-refractivity contribution in [3.8, 4) is 0 Å². The molecule has 0 radical (unpaired) electrons. The van der Waals surface area contributed by atoms with Crippen LogP contribution in [0, 0.1) is 5.92 Å². The molecule has 3 N–H and O–H groups in total. The first kappa shape index (κ1) is 24.7. The van der Waals surface area contributed by atoms with Crippen LogP contribution in [0.15, 0.2) is 47.4 Å². The molecule has 1 aliphatic rings. The number of carbonyl (C=O) groups is 2. The van der Waals surface area contributed by atoms with E-state index in [9.17, 15) is 14.4 Å². The first-order chi connectivity index (χ1) is 16.0. The predicted octanol–water partition coefficient (Wildman–Crippen LogP) is 1.86. The van der Waals surface area contributed by atoms with Crippen molar-refractivity contribution in [2.24, 2.45) is 5.92 Å². The van der Waals surface area contributed by atoms with Gasteiger partial charge in [-0.15, -0.1) is 0 Å². The number of benzene rings is 1. The minimum absolute atomic E-state index is 0.0456. The third kappa shape index (κ3) is 7.27. The van der Waals surface area contributed by atoms with Crippen molar-refractivity contribution >= 4 is 11.8 Å². The fourth-order valence-corrected chi connectivity index (χ4v) is 4.24. The van der Waals surface area contributed by atoms with Crippen LogP contribution in [0.2, 0.25) is 0 Å². The minimum Gasteiger partial charge on any atom is -0.395 e. The van der Waals surface area contributed by atoms with E-state index in [1.165, 1.54) is 17.2 Å². The van der Waals surface area contributed by atoms with Gasteiger partial charge in [0.1, 0.15) is 5.56 Å². The topological polar surface area (TPSA) is 106 Å². The standard InChI is InChI=1S/C25H34N4O4/c1-28(18-20-6-3-2-4-7-20)25(33)22-16-21(17-27-24(22)32)23(31)26-11-5-8-19-9-12-29(13-10-19)14-15-30/h2-4,6-7,16-17,19,30H,5,8-15,18H2,1H3,(H,26,31)(H,27,32). The molecule has 1 aromatic heterocycles. The SMILES string of the molecule is CN(Cc1ccccc1)C(=O)c1cc(C(=O)NCCCC2CCN(CCO)CC2)c[nH]c1=O. The number of rotatable bonds is 10. The molecule has 8 heteroatoms. The summed E-state index contributed by atoms with van der Waals surface area (Å²) in [7, 11) is 1.63. The average molecular weight is 455 g/mol. The Labute approximate surface area is 194 Å². The van der Waals surface area contributed by atoms with Crippen LogP contribution in [0.4, 0.5) is 0 Å². The monoisotopic (exact) mass is 454 g/mol. The summed E-state index contributed by atoms with van der Waals surface area (Å²) in [6.07, 6.45) is 5.52. The molecule has 0 spiro atoms. The van der Waals surface area contributed by atoms with Crippen molar-refractivity contribution in [3.63, 3.8) is 0 Å². The van der Waals surface area contributed by atoms with Gasteiger partial charge < -0.3 is 25.2 Å². The van der Waals surface area contributed by atoms with Gasteiger partial charge in [0.05, 0.1) is 12.2 Å². The normalized spacial score (nSPS) is 14.7. The van der Waals surface area contributed by atoms with Crippen LogP contribution < -0.4 is 10.9 Å². The molecule has 2 aromatic rings. The average Bonchev–Trinajstić information content (AvgIpc) is 2.83. The molecule has 1 aliphatic heterocycles. The van der Waals surface area contributed by atoms with Gasteiger partial charge in [0, 0.05) is 32.9 Å². The maximum absolute atomic E-state index is 12.8. The van der Waals surface area contributed by atoms with E-state index in [0.29, 0.717) is 19.0 Å². The molecule has 0 aliphatic carbocycles. The van der Waals surface area contributed by atoms with E-state index < -0.39 is 11.5 Å². The van der Waals surface area contributed by atoms with E-state index in [1.54, 1.807) is 7.05 Å². The highest BCUT2D eigenvalue weighted by Crippen LogP contribution is 2.21. The zero-order valence-electron chi connectivity index (χ0n) is 19.3. The zero-order chi connectivity index (χ0) is 23.6. The van der Waals surface area contributed by atoms with Gasteiger partial charge in [0.2, 0.25) is 0 Å². The lowest BCUT2D eigenvalue weighted by atomic mass is 9.92. The summed E-state index contributed by atoms with van der Waals surface area (Å²) in [6, 6.07) is 10.9. The number of likely N-dealkylation sites (tertiary alicyclic amines) is 1. The number of aliphatic hydroxyl groups is 1. The highest BCUT2D eigenvalue weighted by molar-refractivity contribution is 5.99. The lowest BCUT2D eigenvalue weighted by molar-refractivity contribution is 0.0783. The summed E-state index contributed by atoms with van der Waals surface area (Å²) in [5.41, 5.74) is 0.667. The number of β-amino-alcohol motifs (C(OH)–C–C–N with tert-alkyl or cyclic N) is 1. The van der Waals surface area contributed by atoms with E-state index in [4.69, 9.17) is 5.11 Å². The molecular formula is C25H34N4O4. The van der Waals surface area contributed by atoms with Gasteiger partial charge in [-0.2, -0.15) is 0 Å². The van der Waals surface area contributed by atoms with Gasteiger partial charge in [-0.05, 0) is 56.3 Å². The molecule has 1 saturated heterocycles. The number of H-pyrrole nitrogens is 1. The van der Waals surface area contributed by atoms with Gasteiger partial charge >= 0.3 is 0 Å². The molecule has 178 valence electrons. The van der Waals surface area contributed by atoms with Crippen molar-refractivity contribution in [1.82, 2.24) is 20.1 Å². The Hall–Kier alpha value is -2.97. The van der Waals surface area contributed by atoms with Crippen LogP contribution in [0.1, 0.15) is 52.0 Å². The summed E-state index contributed by atoms with van der Waals surface area (Å²) in [5.74, 6) is -0.0830. The van der Waals surface area contributed by atoms with Gasteiger partial charge in [-0.25, -0.2) is 0 Å². The van der Waals surface area contributed by atoms with Crippen LogP contribution in [-0.2, 0) is 6.54 Å². The third-order valence-corrected chi connectivity index (χ3v) is 6.20. The molecule has 33 heavy (non-hydrogen) atoms. The largest absolute Gasteiger partial charge is 0.395 e. The van der Waals surface area contributed by atoms with Gasteiger partial charge in [0.25, 0.3) is 17.4 Å². The molecule has 8 nitrogen and oxygen atoms in total. The number of pyridine rings is 1. The summed E-state index contributed by atoms with van der Waals surface area (Å²) < 4.78 is 0. The summed E-state index contributed by atoms with van der Waals surface area (Å²) in [5, 5.41) is 11.9. The number of hydrogen-bond acceptors (Lipinski definition) is 5. The number of aromatic amines is 1. The van der Waals surface area contributed by atoms with Crippen molar-refractivity contribution in [3.05, 3.63) is 69.6 Å². The van der Waals surface area contributed by atoms with Gasteiger partial charge in [-0.1, -0.05) is 30.3 Å². The Bertz CT molecular complexity index is 968. The van der Waals surface area contributed by atoms with Crippen LogP contribution in [0.5, 0.6) is 0 Å². The van der Waals surface area contributed by atoms with Gasteiger partial charge in [-0.3, -0.25) is 14.4 Å². The van der Waals surface area contributed by atoms with Crippen molar-refractivity contribution < 1.29 is 14.7 Å². The predicted molar refractivity (Wildman–Crippen MR) is 127 cm³/mol. The Balaban J connectivity index is 1.48. The van der Waals surface area contributed by atoms with Crippen molar-refractivity contribution in [1.29, 1.82) is 0 Å². The zero-order valence-corrected chi connectivity index (χ0v) is 19.3. The lowest BCUT2D eigenvalue weighted by Crippen LogP contribution is -2.36. The van der Waals surface area contributed by atoms with Crippen LogP contribution in [0.3, 0.4) is 0 Å². The van der Waals surface area contributed by atoms with Crippen LogP contribution >= 0.6 is 0 Å². The maximum atomic E-state index is 12.8. The number of nitrogens with zero attached hydrogens (tertiary/aromatic N) is 2. The number of aromatic nitrogens is 1. The molecule has 2 heterocycles. The second kappa shape index (κ2) is 12.3. The van der Waals surface area contributed by atoms with Crippen molar-refractivity contribution in [2.45, 2.75) is 32.2 Å². The first-order valence-electron chi connectivity index (χ1n) is 11.6. The molecule has 3 rings (SSSR count).